The first-order valence-corrected chi connectivity index (χ1v) is 5.53. The summed E-state index contributed by atoms with van der Waals surface area (Å²) >= 11 is 0. The molecule has 110 valence electrons. The van der Waals surface area contributed by atoms with Crippen LogP contribution in [0.1, 0.15) is 18.1 Å². The Labute approximate surface area is 113 Å². The summed E-state index contributed by atoms with van der Waals surface area (Å²) in [4.78, 5) is 10.9. The summed E-state index contributed by atoms with van der Waals surface area (Å²) in [6.07, 6.45) is -5.30. The monoisotopic (exact) mass is 291 g/mol. The SMILES string of the molecule is C[C@](N)(Cc1ccc(B(O)O)cc1C(F)(F)F)C(=O)O. The largest absolute Gasteiger partial charge is 0.488 e. The van der Waals surface area contributed by atoms with Gasteiger partial charge in [-0.2, -0.15) is 13.2 Å². The number of alkyl halides is 3. The quantitative estimate of drug-likeness (QED) is 0.572. The van der Waals surface area contributed by atoms with Crippen LogP contribution in [0.5, 0.6) is 0 Å². The standard InChI is InChI=1S/C11H13BF3NO4/c1-10(16,9(17)18)5-6-2-3-7(12(19)20)4-8(6)11(13,14)15/h2-4,19-20H,5,16H2,1H3,(H,17,18)/t10-/m0/s1. The van der Waals surface area contributed by atoms with Crippen LogP contribution in [0, 0.1) is 0 Å². The van der Waals surface area contributed by atoms with Gasteiger partial charge in [0.2, 0.25) is 0 Å². The Morgan fingerprint density at radius 1 is 1.35 bits per heavy atom. The van der Waals surface area contributed by atoms with Crippen LogP contribution in [-0.2, 0) is 17.4 Å². The predicted molar refractivity (Wildman–Crippen MR) is 65.2 cm³/mol. The normalized spacial score (nSPS) is 14.8. The fourth-order valence-electron chi connectivity index (χ4n) is 1.64. The van der Waals surface area contributed by atoms with Gasteiger partial charge in [0.25, 0.3) is 0 Å². The minimum absolute atomic E-state index is 0.325. The van der Waals surface area contributed by atoms with Crippen molar-refractivity contribution < 1.29 is 33.1 Å². The zero-order chi connectivity index (χ0) is 15.7. The Balaban J connectivity index is 3.30. The topological polar surface area (TPSA) is 104 Å². The molecule has 1 aromatic rings. The average molecular weight is 291 g/mol. The van der Waals surface area contributed by atoms with Crippen molar-refractivity contribution in [2.45, 2.75) is 25.1 Å². The zero-order valence-electron chi connectivity index (χ0n) is 10.5. The molecule has 1 atom stereocenters. The highest BCUT2D eigenvalue weighted by Crippen LogP contribution is 2.32. The van der Waals surface area contributed by atoms with E-state index in [2.05, 4.69) is 0 Å². The average Bonchev–Trinajstić information content (AvgIpc) is 2.26. The molecule has 0 aliphatic carbocycles. The molecule has 1 aromatic carbocycles. The van der Waals surface area contributed by atoms with Gasteiger partial charge < -0.3 is 20.9 Å². The molecule has 0 aliphatic heterocycles. The second kappa shape index (κ2) is 5.43. The van der Waals surface area contributed by atoms with Crippen molar-refractivity contribution in [3.05, 3.63) is 29.3 Å². The number of carbonyl (C=O) groups is 1. The van der Waals surface area contributed by atoms with Crippen molar-refractivity contribution in [3.63, 3.8) is 0 Å². The third-order valence-corrected chi connectivity index (χ3v) is 2.78. The Kier molecular flexibility index (Phi) is 4.47. The lowest BCUT2D eigenvalue weighted by atomic mass is 9.78. The lowest BCUT2D eigenvalue weighted by Gasteiger charge is -2.22. The van der Waals surface area contributed by atoms with Crippen LogP contribution in [0.25, 0.3) is 0 Å². The van der Waals surface area contributed by atoms with Gasteiger partial charge in [0.1, 0.15) is 5.54 Å². The smallest absolute Gasteiger partial charge is 0.480 e. The molecule has 0 bridgehead atoms. The van der Waals surface area contributed by atoms with E-state index >= 15 is 0 Å². The van der Waals surface area contributed by atoms with E-state index in [0.29, 0.717) is 6.07 Å². The molecular weight excluding hydrogens is 278 g/mol. The van der Waals surface area contributed by atoms with Gasteiger partial charge in [0.15, 0.2) is 0 Å². The minimum Gasteiger partial charge on any atom is -0.480 e. The fourth-order valence-corrected chi connectivity index (χ4v) is 1.64. The van der Waals surface area contributed by atoms with E-state index in [4.69, 9.17) is 20.9 Å². The van der Waals surface area contributed by atoms with Crippen molar-refractivity contribution in [3.8, 4) is 0 Å². The van der Waals surface area contributed by atoms with Gasteiger partial charge in [-0.25, -0.2) is 0 Å². The molecule has 5 nitrogen and oxygen atoms in total. The van der Waals surface area contributed by atoms with Crippen molar-refractivity contribution in [2.75, 3.05) is 0 Å². The summed E-state index contributed by atoms with van der Waals surface area (Å²) in [7, 11) is -2.05. The van der Waals surface area contributed by atoms with Crippen LogP contribution < -0.4 is 11.2 Å². The Morgan fingerprint density at radius 3 is 2.30 bits per heavy atom. The molecule has 0 unspecified atom stereocenters. The van der Waals surface area contributed by atoms with E-state index in [0.717, 1.165) is 19.1 Å². The second-order valence-electron chi connectivity index (χ2n) is 4.69. The number of carboxylic acids is 1. The van der Waals surface area contributed by atoms with E-state index in [-0.39, 0.29) is 11.0 Å². The minimum atomic E-state index is -4.76. The number of hydrogen-bond donors (Lipinski definition) is 4. The Hall–Kier alpha value is -1.58. The van der Waals surface area contributed by atoms with Gasteiger partial charge in [-0.3, -0.25) is 4.79 Å². The molecule has 0 saturated carbocycles. The highest BCUT2D eigenvalue weighted by Gasteiger charge is 2.37. The predicted octanol–water partition coefficient (Wildman–Crippen LogP) is -0.270. The summed E-state index contributed by atoms with van der Waals surface area (Å²) in [5, 5.41) is 26.6. The highest BCUT2D eigenvalue weighted by molar-refractivity contribution is 6.58. The highest BCUT2D eigenvalue weighted by atomic mass is 19.4. The summed E-state index contributed by atoms with van der Waals surface area (Å²) in [6.45, 7) is 1.10. The number of aliphatic carboxylic acids is 1. The number of nitrogens with two attached hydrogens (primary N) is 1. The molecule has 1 rings (SSSR count). The van der Waals surface area contributed by atoms with Crippen LogP contribution in [0.15, 0.2) is 18.2 Å². The molecule has 0 spiro atoms. The number of benzene rings is 1. The van der Waals surface area contributed by atoms with E-state index in [1.807, 2.05) is 0 Å². The molecule has 0 aromatic heterocycles. The Bertz CT molecular complexity index is 517. The Morgan fingerprint density at radius 2 is 1.90 bits per heavy atom. The first-order valence-electron chi connectivity index (χ1n) is 5.53. The van der Waals surface area contributed by atoms with Crippen LogP contribution in [0.4, 0.5) is 13.2 Å². The van der Waals surface area contributed by atoms with Crippen molar-refractivity contribution in [2.24, 2.45) is 5.73 Å². The van der Waals surface area contributed by atoms with Gasteiger partial charge in [-0.1, -0.05) is 12.1 Å². The number of carboxylic acid groups (broad SMARTS) is 1. The maximum Gasteiger partial charge on any atom is 0.488 e. The molecule has 5 N–H and O–H groups in total. The van der Waals surface area contributed by atoms with Crippen LogP contribution in [-0.4, -0.2) is 33.8 Å². The number of halogens is 3. The molecule has 0 fully saturated rings. The number of hydrogen-bond acceptors (Lipinski definition) is 4. The van der Waals surface area contributed by atoms with E-state index in [1.165, 1.54) is 0 Å². The van der Waals surface area contributed by atoms with E-state index in [9.17, 15) is 18.0 Å². The summed E-state index contributed by atoms with van der Waals surface area (Å²) < 4.78 is 38.7. The zero-order valence-corrected chi connectivity index (χ0v) is 10.5. The molecule has 20 heavy (non-hydrogen) atoms. The fraction of sp³-hybridized carbons (Fsp3) is 0.364. The molecular formula is C11H13BF3NO4. The third kappa shape index (κ3) is 3.72. The molecule has 9 heteroatoms. The van der Waals surface area contributed by atoms with Crippen LogP contribution >= 0.6 is 0 Å². The maximum absolute atomic E-state index is 12.9. The van der Waals surface area contributed by atoms with Crippen molar-refractivity contribution >= 4 is 18.6 Å². The maximum atomic E-state index is 12.9. The van der Waals surface area contributed by atoms with Gasteiger partial charge in [0, 0.05) is 6.42 Å². The van der Waals surface area contributed by atoms with E-state index in [1.54, 1.807) is 0 Å². The lowest BCUT2D eigenvalue weighted by molar-refractivity contribution is -0.144. The molecule has 0 radical (unpaired) electrons. The first-order chi connectivity index (χ1) is 8.95. The van der Waals surface area contributed by atoms with Gasteiger partial charge >= 0.3 is 19.3 Å². The third-order valence-electron chi connectivity index (χ3n) is 2.78. The summed E-state index contributed by atoms with van der Waals surface area (Å²) in [5.41, 5.74) is 1.77. The summed E-state index contributed by atoms with van der Waals surface area (Å²) in [6, 6.07) is 2.64. The number of rotatable bonds is 4. The van der Waals surface area contributed by atoms with E-state index < -0.39 is 36.8 Å². The molecule has 0 amide bonds. The lowest BCUT2D eigenvalue weighted by Crippen LogP contribution is -2.47. The van der Waals surface area contributed by atoms with Gasteiger partial charge in [-0.05, 0) is 24.0 Å². The van der Waals surface area contributed by atoms with Gasteiger partial charge in [0.05, 0.1) is 5.56 Å². The van der Waals surface area contributed by atoms with Gasteiger partial charge in [-0.15, -0.1) is 0 Å². The van der Waals surface area contributed by atoms with Crippen LogP contribution in [0.3, 0.4) is 0 Å². The first kappa shape index (κ1) is 16.5. The van der Waals surface area contributed by atoms with Crippen molar-refractivity contribution in [1.82, 2.24) is 0 Å². The molecule has 0 aliphatic rings. The molecule has 0 heterocycles. The second-order valence-corrected chi connectivity index (χ2v) is 4.69. The molecule has 0 saturated heterocycles. The summed E-state index contributed by atoms with van der Waals surface area (Å²) in [5.74, 6) is -1.43. The van der Waals surface area contributed by atoms with Crippen LogP contribution in [0.2, 0.25) is 0 Å². The van der Waals surface area contributed by atoms with Crippen molar-refractivity contribution in [1.29, 1.82) is 0 Å².